The molecule has 1 aliphatic rings. The molecule has 1 aromatic carbocycles. The summed E-state index contributed by atoms with van der Waals surface area (Å²) in [6.45, 7) is 2.45. The molecule has 1 N–H and O–H groups in total. The number of sulfone groups is 1. The van der Waals surface area contributed by atoms with Gasteiger partial charge in [0.2, 0.25) is 11.8 Å². The summed E-state index contributed by atoms with van der Waals surface area (Å²) in [6.07, 6.45) is 3.60. The second-order valence-corrected chi connectivity index (χ2v) is 9.44. The van der Waals surface area contributed by atoms with Gasteiger partial charge in [0.25, 0.3) is 0 Å². The van der Waals surface area contributed by atoms with Crippen molar-refractivity contribution >= 4 is 27.3 Å². The van der Waals surface area contributed by atoms with Crippen LogP contribution >= 0.6 is 11.6 Å². The molecular weight excluding hydrogens is 400 g/mol. The Morgan fingerprint density at radius 2 is 1.89 bits per heavy atom. The number of pyridine rings is 1. The fraction of sp³-hybridized carbons (Fsp3) is 0.400. The third-order valence-corrected chi connectivity index (χ3v) is 7.80. The topological polar surface area (TPSA) is 85.4 Å². The van der Waals surface area contributed by atoms with Crippen molar-refractivity contribution in [2.45, 2.75) is 48.8 Å². The number of rotatable bonds is 7. The average Bonchev–Trinajstić information content (AvgIpc) is 3.19. The van der Waals surface area contributed by atoms with Crippen LogP contribution in [-0.4, -0.2) is 30.7 Å². The third kappa shape index (κ3) is 3.86. The first-order valence-electron chi connectivity index (χ1n) is 9.26. The van der Waals surface area contributed by atoms with Gasteiger partial charge in [-0.1, -0.05) is 30.5 Å². The van der Waals surface area contributed by atoms with Gasteiger partial charge in [0.1, 0.15) is 0 Å². The summed E-state index contributed by atoms with van der Waals surface area (Å²) in [7, 11) is -3.86. The van der Waals surface area contributed by atoms with Crippen LogP contribution in [0.5, 0.6) is 5.88 Å². The van der Waals surface area contributed by atoms with E-state index in [9.17, 15) is 13.2 Å². The van der Waals surface area contributed by atoms with Crippen LogP contribution in [0.2, 0.25) is 5.02 Å². The molecular formula is C20H23ClN2O4S. The lowest BCUT2D eigenvalue weighted by Gasteiger charge is -2.27. The van der Waals surface area contributed by atoms with Crippen molar-refractivity contribution in [3.8, 4) is 5.88 Å². The van der Waals surface area contributed by atoms with Crippen molar-refractivity contribution in [2.75, 3.05) is 6.61 Å². The number of hydrogen-bond acceptors (Lipinski definition) is 5. The minimum Gasteiger partial charge on any atom is -0.478 e. The third-order valence-electron chi connectivity index (χ3n) is 5.03. The minimum absolute atomic E-state index is 0.116. The van der Waals surface area contributed by atoms with Gasteiger partial charge in [-0.2, -0.15) is 0 Å². The Morgan fingerprint density at radius 3 is 2.54 bits per heavy atom. The molecule has 1 aromatic heterocycles. The van der Waals surface area contributed by atoms with Crippen LogP contribution in [0.1, 0.15) is 38.2 Å². The van der Waals surface area contributed by atoms with Gasteiger partial charge in [-0.15, -0.1) is 0 Å². The second-order valence-electron chi connectivity index (χ2n) is 6.74. The Kier molecular flexibility index (Phi) is 6.25. The highest BCUT2D eigenvalue weighted by Crippen LogP contribution is 2.41. The number of carbonyl (C=O) groups excluding carboxylic acids is 1. The van der Waals surface area contributed by atoms with Gasteiger partial charge >= 0.3 is 0 Å². The molecule has 0 bridgehead atoms. The fourth-order valence-corrected chi connectivity index (χ4v) is 5.78. The molecule has 0 unspecified atom stereocenters. The van der Waals surface area contributed by atoms with E-state index in [0.717, 1.165) is 0 Å². The van der Waals surface area contributed by atoms with Gasteiger partial charge in [-0.25, -0.2) is 13.4 Å². The van der Waals surface area contributed by atoms with Crippen LogP contribution in [0.25, 0.3) is 0 Å². The number of ether oxygens (including phenoxy) is 1. The quantitative estimate of drug-likeness (QED) is 0.737. The summed E-state index contributed by atoms with van der Waals surface area (Å²) in [4.78, 5) is 17.4. The lowest BCUT2D eigenvalue weighted by atomic mass is 10.1. The van der Waals surface area contributed by atoms with Gasteiger partial charge in [0, 0.05) is 23.3 Å². The molecule has 6 nitrogen and oxygen atoms in total. The Morgan fingerprint density at radius 1 is 1.21 bits per heavy atom. The average molecular weight is 423 g/mol. The van der Waals surface area contributed by atoms with E-state index in [1.807, 2.05) is 6.92 Å². The molecule has 1 heterocycles. The molecule has 0 saturated heterocycles. The van der Waals surface area contributed by atoms with E-state index in [4.69, 9.17) is 16.3 Å². The molecule has 0 spiro atoms. The number of carbonyl (C=O) groups is 1. The van der Waals surface area contributed by atoms with Crippen LogP contribution in [0, 0.1) is 0 Å². The number of amides is 1. The zero-order valence-electron chi connectivity index (χ0n) is 15.7. The number of benzene rings is 1. The van der Waals surface area contributed by atoms with Gasteiger partial charge in [0.15, 0.2) is 14.6 Å². The number of nitrogens with zero attached hydrogens (tertiary/aromatic N) is 1. The van der Waals surface area contributed by atoms with Crippen molar-refractivity contribution in [3.63, 3.8) is 0 Å². The van der Waals surface area contributed by atoms with E-state index in [1.54, 1.807) is 18.3 Å². The van der Waals surface area contributed by atoms with Gasteiger partial charge in [0.05, 0.1) is 11.5 Å². The molecule has 0 radical (unpaired) electrons. The van der Waals surface area contributed by atoms with Crippen molar-refractivity contribution in [2.24, 2.45) is 0 Å². The SMILES string of the molecule is CCOc1ncccc1CNC(=O)C1(S(=O)(=O)c2ccc(Cl)cc2)CCCC1. The molecule has 1 fully saturated rings. The molecule has 28 heavy (non-hydrogen) atoms. The summed E-state index contributed by atoms with van der Waals surface area (Å²) >= 11 is 5.88. The van der Waals surface area contributed by atoms with Gasteiger partial charge in [-0.05, 0) is 50.1 Å². The van der Waals surface area contributed by atoms with Crippen molar-refractivity contribution in [1.29, 1.82) is 0 Å². The summed E-state index contributed by atoms with van der Waals surface area (Å²) in [5.41, 5.74) is 0.703. The molecule has 3 rings (SSSR count). The number of hydrogen-bond donors (Lipinski definition) is 1. The Bertz CT molecular complexity index is 939. The Hall–Kier alpha value is -2.12. The number of nitrogens with one attached hydrogen (secondary N) is 1. The fourth-order valence-electron chi connectivity index (χ4n) is 3.57. The predicted molar refractivity (Wildman–Crippen MR) is 107 cm³/mol. The van der Waals surface area contributed by atoms with Gasteiger partial charge in [-0.3, -0.25) is 4.79 Å². The molecule has 0 atom stereocenters. The van der Waals surface area contributed by atoms with Crippen LogP contribution in [0.3, 0.4) is 0 Å². The minimum atomic E-state index is -3.86. The first-order valence-corrected chi connectivity index (χ1v) is 11.1. The molecule has 1 aliphatic carbocycles. The summed E-state index contributed by atoms with van der Waals surface area (Å²) < 4.78 is 30.7. The lowest BCUT2D eigenvalue weighted by molar-refractivity contribution is -0.123. The normalized spacial score (nSPS) is 15.9. The smallest absolute Gasteiger partial charge is 0.242 e. The lowest BCUT2D eigenvalue weighted by Crippen LogP contribution is -2.50. The van der Waals surface area contributed by atoms with Crippen molar-refractivity contribution in [3.05, 3.63) is 53.2 Å². The van der Waals surface area contributed by atoms with E-state index < -0.39 is 20.5 Å². The highest BCUT2D eigenvalue weighted by molar-refractivity contribution is 7.93. The first kappa shape index (κ1) is 20.6. The summed E-state index contributed by atoms with van der Waals surface area (Å²) in [5, 5.41) is 3.25. The second kappa shape index (κ2) is 8.49. The van der Waals surface area contributed by atoms with Crippen LogP contribution in [0.15, 0.2) is 47.5 Å². The molecule has 2 aromatic rings. The number of aromatic nitrogens is 1. The van der Waals surface area contributed by atoms with Crippen molar-refractivity contribution < 1.29 is 17.9 Å². The highest BCUT2D eigenvalue weighted by Gasteiger charge is 2.52. The van der Waals surface area contributed by atoms with E-state index in [-0.39, 0.29) is 11.4 Å². The largest absolute Gasteiger partial charge is 0.478 e. The molecule has 150 valence electrons. The maximum atomic E-state index is 13.3. The van der Waals surface area contributed by atoms with E-state index in [0.29, 0.717) is 48.8 Å². The maximum absolute atomic E-state index is 13.3. The molecule has 1 amide bonds. The summed E-state index contributed by atoms with van der Waals surface area (Å²) in [6, 6.07) is 9.52. The highest BCUT2D eigenvalue weighted by atomic mass is 35.5. The molecule has 1 saturated carbocycles. The van der Waals surface area contributed by atoms with Crippen molar-refractivity contribution in [1.82, 2.24) is 10.3 Å². The predicted octanol–water partition coefficient (Wildman–Crippen LogP) is 3.54. The first-order chi connectivity index (χ1) is 13.4. The van der Waals surface area contributed by atoms with E-state index >= 15 is 0 Å². The molecule has 0 aliphatic heterocycles. The molecule has 8 heteroatoms. The summed E-state index contributed by atoms with van der Waals surface area (Å²) in [5.74, 6) is -0.0439. The maximum Gasteiger partial charge on any atom is 0.242 e. The number of halogens is 1. The van der Waals surface area contributed by atoms with E-state index in [2.05, 4.69) is 10.3 Å². The zero-order valence-corrected chi connectivity index (χ0v) is 17.2. The zero-order chi connectivity index (χ0) is 20.2. The van der Waals surface area contributed by atoms with Crippen LogP contribution in [-0.2, 0) is 21.2 Å². The Balaban J connectivity index is 1.86. The standard InChI is InChI=1S/C20H23ClN2O4S/c1-2-27-18-15(6-5-13-22-18)14-23-19(24)20(11-3-4-12-20)28(25,26)17-9-7-16(21)8-10-17/h5-10,13H,2-4,11-12,14H2,1H3,(H,23,24). The monoisotopic (exact) mass is 422 g/mol. The van der Waals surface area contributed by atoms with Crippen LogP contribution < -0.4 is 10.1 Å². The van der Waals surface area contributed by atoms with E-state index in [1.165, 1.54) is 24.3 Å². The van der Waals surface area contributed by atoms with Crippen LogP contribution in [0.4, 0.5) is 0 Å². The Labute approximate surface area is 170 Å². The van der Waals surface area contributed by atoms with Gasteiger partial charge < -0.3 is 10.1 Å².